The number of nitrogens with zero attached hydrogens (tertiary/aromatic N) is 1. The second-order valence-electron chi connectivity index (χ2n) is 6.13. The van der Waals surface area contributed by atoms with Gasteiger partial charge in [-0.1, -0.05) is 33.1 Å². The lowest BCUT2D eigenvalue weighted by atomic mass is 9.79. The van der Waals surface area contributed by atoms with Gasteiger partial charge in [-0.05, 0) is 32.6 Å². The van der Waals surface area contributed by atoms with Crippen molar-refractivity contribution in [1.29, 1.82) is 0 Å². The highest BCUT2D eigenvalue weighted by Crippen LogP contribution is 2.34. The first kappa shape index (κ1) is 14.0. The van der Waals surface area contributed by atoms with Crippen LogP contribution in [0.15, 0.2) is 0 Å². The summed E-state index contributed by atoms with van der Waals surface area (Å²) in [5.41, 5.74) is 6.41. The van der Waals surface area contributed by atoms with Crippen LogP contribution in [0.3, 0.4) is 0 Å². The summed E-state index contributed by atoms with van der Waals surface area (Å²) in [6.07, 6.45) is 6.72. The van der Waals surface area contributed by atoms with E-state index in [1.807, 2.05) is 0 Å². The van der Waals surface area contributed by atoms with E-state index in [1.165, 1.54) is 38.6 Å². The van der Waals surface area contributed by atoms with Crippen molar-refractivity contribution >= 4 is 0 Å². The van der Waals surface area contributed by atoms with Crippen LogP contribution in [-0.4, -0.2) is 29.6 Å². The zero-order valence-electron chi connectivity index (χ0n) is 11.6. The van der Waals surface area contributed by atoms with E-state index in [0.717, 1.165) is 12.5 Å². The smallest absolute Gasteiger partial charge is 0.0334 e. The predicted octanol–water partition coefficient (Wildman–Crippen LogP) is 3.01. The van der Waals surface area contributed by atoms with Gasteiger partial charge < -0.3 is 5.73 Å². The molecule has 0 bridgehead atoms. The molecule has 96 valence electrons. The van der Waals surface area contributed by atoms with Gasteiger partial charge in [0.2, 0.25) is 0 Å². The Morgan fingerprint density at radius 2 is 1.62 bits per heavy atom. The van der Waals surface area contributed by atoms with E-state index in [1.54, 1.807) is 0 Å². The summed E-state index contributed by atoms with van der Waals surface area (Å²) in [5, 5.41) is 0. The Bertz CT molecular complexity index is 193. The Morgan fingerprint density at radius 1 is 1.06 bits per heavy atom. The standard InChI is InChI=1S/C14H30N2/c1-12(2)10-16(13(3)4)14(11-15)8-6-5-7-9-14/h12-13H,5-11,15H2,1-4H3. The van der Waals surface area contributed by atoms with Crippen molar-refractivity contribution in [3.8, 4) is 0 Å². The van der Waals surface area contributed by atoms with Crippen LogP contribution < -0.4 is 5.73 Å². The summed E-state index contributed by atoms with van der Waals surface area (Å²) in [6.45, 7) is 11.3. The van der Waals surface area contributed by atoms with E-state index in [-0.39, 0.29) is 0 Å². The molecule has 2 N–H and O–H groups in total. The first-order chi connectivity index (χ1) is 7.52. The van der Waals surface area contributed by atoms with E-state index in [2.05, 4.69) is 32.6 Å². The summed E-state index contributed by atoms with van der Waals surface area (Å²) in [5.74, 6) is 0.729. The van der Waals surface area contributed by atoms with Crippen molar-refractivity contribution in [2.75, 3.05) is 13.1 Å². The topological polar surface area (TPSA) is 29.3 Å². The second-order valence-corrected chi connectivity index (χ2v) is 6.13. The number of hydrogen-bond donors (Lipinski definition) is 1. The molecule has 0 radical (unpaired) electrons. The largest absolute Gasteiger partial charge is 0.329 e. The minimum absolute atomic E-state index is 0.302. The van der Waals surface area contributed by atoms with Crippen LogP contribution in [0.4, 0.5) is 0 Å². The molecule has 1 fully saturated rings. The summed E-state index contributed by atoms with van der Waals surface area (Å²) in [4.78, 5) is 2.68. The van der Waals surface area contributed by atoms with Gasteiger partial charge in [-0.25, -0.2) is 0 Å². The van der Waals surface area contributed by atoms with Gasteiger partial charge in [-0.3, -0.25) is 4.90 Å². The molecule has 1 rings (SSSR count). The number of hydrogen-bond acceptors (Lipinski definition) is 2. The van der Waals surface area contributed by atoms with Gasteiger partial charge in [-0.2, -0.15) is 0 Å². The van der Waals surface area contributed by atoms with Crippen molar-refractivity contribution < 1.29 is 0 Å². The van der Waals surface area contributed by atoms with Gasteiger partial charge in [0.1, 0.15) is 0 Å². The predicted molar refractivity (Wildman–Crippen MR) is 71.6 cm³/mol. The highest BCUT2D eigenvalue weighted by Gasteiger charge is 2.37. The van der Waals surface area contributed by atoms with Crippen molar-refractivity contribution in [3.05, 3.63) is 0 Å². The summed E-state index contributed by atoms with van der Waals surface area (Å²) < 4.78 is 0. The van der Waals surface area contributed by atoms with Crippen LogP contribution in [0, 0.1) is 5.92 Å². The highest BCUT2D eigenvalue weighted by atomic mass is 15.2. The molecule has 0 spiro atoms. The molecule has 0 unspecified atom stereocenters. The molecule has 2 nitrogen and oxygen atoms in total. The molecule has 0 amide bonds. The van der Waals surface area contributed by atoms with E-state index >= 15 is 0 Å². The van der Waals surface area contributed by atoms with Gasteiger partial charge in [-0.15, -0.1) is 0 Å². The third-order valence-corrected chi connectivity index (χ3v) is 3.96. The molecular weight excluding hydrogens is 196 g/mol. The molecule has 1 aliphatic rings. The van der Waals surface area contributed by atoms with Crippen LogP contribution in [-0.2, 0) is 0 Å². The summed E-state index contributed by atoms with van der Waals surface area (Å²) in [7, 11) is 0. The van der Waals surface area contributed by atoms with E-state index in [4.69, 9.17) is 5.73 Å². The summed E-state index contributed by atoms with van der Waals surface area (Å²) in [6, 6.07) is 0.615. The van der Waals surface area contributed by atoms with Crippen LogP contribution in [0.1, 0.15) is 59.8 Å². The van der Waals surface area contributed by atoms with Crippen LogP contribution >= 0.6 is 0 Å². The monoisotopic (exact) mass is 226 g/mol. The van der Waals surface area contributed by atoms with Crippen molar-refractivity contribution in [2.45, 2.75) is 71.4 Å². The van der Waals surface area contributed by atoms with Gasteiger partial charge in [0, 0.05) is 24.7 Å². The van der Waals surface area contributed by atoms with Crippen molar-refractivity contribution in [3.63, 3.8) is 0 Å². The molecule has 1 aliphatic carbocycles. The Kier molecular flexibility index (Phi) is 5.26. The molecular formula is C14H30N2. The molecule has 0 aliphatic heterocycles. The van der Waals surface area contributed by atoms with E-state index in [9.17, 15) is 0 Å². The SMILES string of the molecule is CC(C)CN(C(C)C)C1(CN)CCCCC1. The number of rotatable bonds is 5. The average molecular weight is 226 g/mol. The second kappa shape index (κ2) is 6.02. The average Bonchev–Trinajstić information content (AvgIpc) is 2.26. The first-order valence-electron chi connectivity index (χ1n) is 6.98. The van der Waals surface area contributed by atoms with Gasteiger partial charge in [0.05, 0.1) is 0 Å². The zero-order chi connectivity index (χ0) is 12.2. The normalized spacial score (nSPS) is 21.0. The lowest BCUT2D eigenvalue weighted by Gasteiger charge is -2.49. The minimum atomic E-state index is 0.302. The third-order valence-electron chi connectivity index (χ3n) is 3.96. The molecule has 0 atom stereocenters. The third kappa shape index (κ3) is 3.21. The maximum atomic E-state index is 6.11. The van der Waals surface area contributed by atoms with Crippen LogP contribution in [0.5, 0.6) is 0 Å². The Labute approximate surface area is 102 Å². The van der Waals surface area contributed by atoms with Crippen LogP contribution in [0.2, 0.25) is 0 Å². The fourth-order valence-corrected chi connectivity index (χ4v) is 3.16. The molecule has 16 heavy (non-hydrogen) atoms. The fraction of sp³-hybridized carbons (Fsp3) is 1.00. The quantitative estimate of drug-likeness (QED) is 0.781. The highest BCUT2D eigenvalue weighted by molar-refractivity contribution is 4.95. The summed E-state index contributed by atoms with van der Waals surface area (Å²) >= 11 is 0. The van der Waals surface area contributed by atoms with Gasteiger partial charge >= 0.3 is 0 Å². The van der Waals surface area contributed by atoms with Crippen LogP contribution in [0.25, 0.3) is 0 Å². The molecule has 0 aromatic carbocycles. The van der Waals surface area contributed by atoms with Crippen molar-refractivity contribution in [2.24, 2.45) is 11.7 Å². The minimum Gasteiger partial charge on any atom is -0.329 e. The maximum absolute atomic E-state index is 6.11. The molecule has 0 heterocycles. The Hall–Kier alpha value is -0.0800. The van der Waals surface area contributed by atoms with Gasteiger partial charge in [0.15, 0.2) is 0 Å². The van der Waals surface area contributed by atoms with Gasteiger partial charge in [0.25, 0.3) is 0 Å². The maximum Gasteiger partial charge on any atom is 0.0334 e. The fourth-order valence-electron chi connectivity index (χ4n) is 3.16. The van der Waals surface area contributed by atoms with E-state index < -0.39 is 0 Å². The Balaban J connectivity index is 2.78. The zero-order valence-corrected chi connectivity index (χ0v) is 11.6. The lowest BCUT2D eigenvalue weighted by molar-refractivity contribution is 0.0203. The van der Waals surface area contributed by atoms with E-state index in [0.29, 0.717) is 11.6 Å². The molecule has 1 saturated carbocycles. The Morgan fingerprint density at radius 3 is 2.00 bits per heavy atom. The molecule has 0 saturated heterocycles. The molecule has 0 aromatic heterocycles. The first-order valence-corrected chi connectivity index (χ1v) is 6.98. The molecule has 0 aromatic rings. The van der Waals surface area contributed by atoms with Crippen molar-refractivity contribution in [1.82, 2.24) is 4.90 Å². The number of nitrogens with two attached hydrogens (primary N) is 1. The molecule has 2 heteroatoms. The lowest BCUT2D eigenvalue weighted by Crippen LogP contribution is -2.58.